The summed E-state index contributed by atoms with van der Waals surface area (Å²) < 4.78 is 17.2. The van der Waals surface area contributed by atoms with Crippen LogP contribution >= 0.6 is 11.3 Å². The van der Waals surface area contributed by atoms with E-state index in [9.17, 15) is 14.7 Å². The second kappa shape index (κ2) is 10.5. The van der Waals surface area contributed by atoms with E-state index in [1.54, 1.807) is 55.6 Å². The number of thiazole rings is 1. The van der Waals surface area contributed by atoms with E-state index in [0.29, 0.717) is 52.2 Å². The molecule has 1 fully saturated rings. The van der Waals surface area contributed by atoms with Crippen molar-refractivity contribution in [3.8, 4) is 17.2 Å². The number of ether oxygens (including phenoxy) is 3. The van der Waals surface area contributed by atoms with Gasteiger partial charge in [-0.3, -0.25) is 14.5 Å². The second-order valence-corrected chi connectivity index (χ2v) is 9.47. The smallest absolute Gasteiger partial charge is 0.301 e. The average molecular weight is 531 g/mol. The van der Waals surface area contributed by atoms with Crippen LogP contribution < -0.4 is 19.1 Å². The van der Waals surface area contributed by atoms with E-state index >= 15 is 0 Å². The van der Waals surface area contributed by atoms with Gasteiger partial charge in [-0.05, 0) is 74.0 Å². The summed E-state index contributed by atoms with van der Waals surface area (Å²) in [7, 11) is 1.56. The third kappa shape index (κ3) is 4.56. The van der Waals surface area contributed by atoms with Gasteiger partial charge in [-0.1, -0.05) is 23.5 Å². The van der Waals surface area contributed by atoms with E-state index < -0.39 is 17.7 Å². The van der Waals surface area contributed by atoms with E-state index in [-0.39, 0.29) is 11.3 Å². The number of hydrogen-bond acceptors (Lipinski definition) is 8. The zero-order valence-corrected chi connectivity index (χ0v) is 22.0. The number of hydrogen-bond donors (Lipinski definition) is 1. The molecule has 1 N–H and O–H groups in total. The van der Waals surface area contributed by atoms with Gasteiger partial charge < -0.3 is 19.3 Å². The minimum Gasteiger partial charge on any atom is -0.507 e. The first-order valence-electron chi connectivity index (χ1n) is 12.2. The SMILES string of the molecule is CCOc1ccc(/C(O)=C2\C(=O)C(=O)N(c3nc4ccc(OCC)cc4s3)C2c2ccc(OC)cc2)cc1. The molecule has 2 heterocycles. The Morgan fingerprint density at radius 1 is 0.921 bits per heavy atom. The number of amides is 1. The highest BCUT2D eigenvalue weighted by molar-refractivity contribution is 7.22. The Morgan fingerprint density at radius 2 is 1.55 bits per heavy atom. The van der Waals surface area contributed by atoms with Crippen LogP contribution in [0.5, 0.6) is 17.2 Å². The number of anilines is 1. The van der Waals surface area contributed by atoms with Gasteiger partial charge in [0.05, 0.1) is 42.2 Å². The first kappa shape index (κ1) is 25.3. The Hall–Kier alpha value is -4.37. The van der Waals surface area contributed by atoms with Crippen LogP contribution in [0.15, 0.2) is 72.3 Å². The summed E-state index contributed by atoms with van der Waals surface area (Å²) in [4.78, 5) is 32.9. The number of fused-ring (bicyclic) bond motifs is 1. The van der Waals surface area contributed by atoms with E-state index in [1.807, 2.05) is 32.0 Å². The molecule has 4 aromatic rings. The molecular weight excluding hydrogens is 504 g/mol. The number of nitrogens with zero attached hydrogens (tertiary/aromatic N) is 2. The van der Waals surface area contributed by atoms with Gasteiger partial charge in [-0.2, -0.15) is 0 Å². The molecule has 0 radical (unpaired) electrons. The molecule has 0 spiro atoms. The lowest BCUT2D eigenvalue weighted by Gasteiger charge is -2.23. The largest absolute Gasteiger partial charge is 0.507 e. The number of aliphatic hydroxyl groups is 1. The fourth-order valence-corrected chi connectivity index (χ4v) is 5.44. The molecule has 1 aromatic heterocycles. The monoisotopic (exact) mass is 530 g/mol. The summed E-state index contributed by atoms with van der Waals surface area (Å²) in [5.74, 6) is 0.139. The molecule has 8 nitrogen and oxygen atoms in total. The number of Topliss-reactive ketones (excluding diaryl/α,β-unsaturated/α-hetero) is 1. The van der Waals surface area contributed by atoms with Crippen molar-refractivity contribution in [3.05, 3.63) is 83.4 Å². The first-order valence-corrected chi connectivity index (χ1v) is 13.0. The number of methoxy groups -OCH3 is 1. The van der Waals surface area contributed by atoms with Crippen molar-refractivity contribution in [2.75, 3.05) is 25.2 Å². The highest BCUT2D eigenvalue weighted by Crippen LogP contribution is 2.45. The molecule has 194 valence electrons. The Kier molecular flexibility index (Phi) is 7.02. The molecule has 1 aliphatic rings. The average Bonchev–Trinajstić information content (AvgIpc) is 3.47. The van der Waals surface area contributed by atoms with Crippen LogP contribution in [0.2, 0.25) is 0 Å². The number of rotatable bonds is 8. The molecule has 1 atom stereocenters. The van der Waals surface area contributed by atoms with Crippen LogP contribution in [-0.2, 0) is 9.59 Å². The van der Waals surface area contributed by atoms with Crippen LogP contribution in [0.25, 0.3) is 16.0 Å². The Morgan fingerprint density at radius 3 is 2.21 bits per heavy atom. The van der Waals surface area contributed by atoms with Crippen LogP contribution in [-0.4, -0.2) is 42.1 Å². The van der Waals surface area contributed by atoms with E-state index in [0.717, 1.165) is 4.70 Å². The summed E-state index contributed by atoms with van der Waals surface area (Å²) in [5, 5.41) is 11.7. The van der Waals surface area contributed by atoms with Gasteiger partial charge in [-0.25, -0.2) is 4.98 Å². The third-order valence-corrected chi connectivity index (χ3v) is 7.20. The number of aromatic nitrogens is 1. The quantitative estimate of drug-likeness (QED) is 0.177. The van der Waals surface area contributed by atoms with Crippen molar-refractivity contribution < 1.29 is 28.9 Å². The van der Waals surface area contributed by atoms with Crippen molar-refractivity contribution in [3.63, 3.8) is 0 Å². The van der Waals surface area contributed by atoms with Crippen LogP contribution in [0.3, 0.4) is 0 Å². The Balaban J connectivity index is 1.65. The van der Waals surface area contributed by atoms with Gasteiger partial charge >= 0.3 is 5.91 Å². The topological polar surface area (TPSA) is 98.2 Å². The lowest BCUT2D eigenvalue weighted by molar-refractivity contribution is -0.132. The summed E-state index contributed by atoms with van der Waals surface area (Å²) in [5.41, 5.74) is 1.69. The van der Waals surface area contributed by atoms with Crippen molar-refractivity contribution >= 4 is 44.1 Å². The normalized spacial score (nSPS) is 16.7. The van der Waals surface area contributed by atoms with Crippen LogP contribution in [0, 0.1) is 0 Å². The zero-order chi connectivity index (χ0) is 26.8. The molecule has 1 unspecified atom stereocenters. The van der Waals surface area contributed by atoms with Gasteiger partial charge in [0, 0.05) is 5.56 Å². The second-order valence-electron chi connectivity index (χ2n) is 8.46. The molecule has 3 aromatic carbocycles. The molecule has 0 saturated carbocycles. The molecule has 1 amide bonds. The van der Waals surface area contributed by atoms with Gasteiger partial charge in [0.2, 0.25) is 0 Å². The maximum Gasteiger partial charge on any atom is 0.301 e. The lowest BCUT2D eigenvalue weighted by atomic mass is 9.95. The summed E-state index contributed by atoms with van der Waals surface area (Å²) in [6, 6.07) is 18.4. The summed E-state index contributed by atoms with van der Waals surface area (Å²) >= 11 is 1.28. The molecule has 5 rings (SSSR count). The highest BCUT2D eigenvalue weighted by Gasteiger charge is 2.48. The van der Waals surface area contributed by atoms with Gasteiger partial charge in [0.1, 0.15) is 23.0 Å². The van der Waals surface area contributed by atoms with E-state index in [4.69, 9.17) is 14.2 Å². The number of carbonyl (C=O) groups excluding carboxylic acids is 2. The molecule has 0 bridgehead atoms. The highest BCUT2D eigenvalue weighted by atomic mass is 32.1. The fraction of sp³-hybridized carbons (Fsp3) is 0.207. The number of ketones is 1. The zero-order valence-electron chi connectivity index (χ0n) is 21.1. The Bertz CT molecular complexity index is 1530. The number of benzene rings is 3. The standard InChI is InChI=1S/C29H26N2O6S/c1-4-36-20-12-8-18(9-13-20)26(32)24-25(17-6-10-19(35-3)11-7-17)31(28(34)27(24)33)29-30-22-15-14-21(37-5-2)16-23(22)38-29/h6-16,25,32H,4-5H2,1-3H3/b26-24+. The fourth-order valence-electron chi connectivity index (χ4n) is 4.41. The molecule has 1 saturated heterocycles. The van der Waals surface area contributed by atoms with Crippen LogP contribution in [0.4, 0.5) is 5.13 Å². The van der Waals surface area contributed by atoms with Crippen molar-refractivity contribution in [2.24, 2.45) is 0 Å². The maximum atomic E-state index is 13.5. The minimum atomic E-state index is -0.889. The lowest BCUT2D eigenvalue weighted by Crippen LogP contribution is -2.29. The first-order chi connectivity index (χ1) is 18.4. The summed E-state index contributed by atoms with van der Waals surface area (Å²) in [6.45, 7) is 4.81. The van der Waals surface area contributed by atoms with Crippen molar-refractivity contribution in [1.29, 1.82) is 0 Å². The van der Waals surface area contributed by atoms with Gasteiger partial charge in [0.25, 0.3) is 5.78 Å². The molecule has 1 aliphatic heterocycles. The molecule has 0 aliphatic carbocycles. The molecular formula is C29H26N2O6S. The summed E-state index contributed by atoms with van der Waals surface area (Å²) in [6.07, 6.45) is 0. The number of carbonyl (C=O) groups is 2. The maximum absolute atomic E-state index is 13.5. The van der Waals surface area contributed by atoms with E-state index in [2.05, 4.69) is 4.98 Å². The van der Waals surface area contributed by atoms with Gasteiger partial charge in [-0.15, -0.1) is 0 Å². The van der Waals surface area contributed by atoms with Crippen molar-refractivity contribution in [1.82, 2.24) is 4.98 Å². The minimum absolute atomic E-state index is 0.0152. The molecule has 9 heteroatoms. The predicted octanol–water partition coefficient (Wildman–Crippen LogP) is 5.73. The molecule has 38 heavy (non-hydrogen) atoms. The predicted molar refractivity (Wildman–Crippen MR) is 146 cm³/mol. The van der Waals surface area contributed by atoms with E-state index in [1.165, 1.54) is 16.2 Å². The van der Waals surface area contributed by atoms with Crippen molar-refractivity contribution in [2.45, 2.75) is 19.9 Å². The van der Waals surface area contributed by atoms with Gasteiger partial charge in [0.15, 0.2) is 5.13 Å². The van der Waals surface area contributed by atoms with Crippen LogP contribution in [0.1, 0.15) is 31.0 Å². The Labute approximate surface area is 223 Å². The third-order valence-electron chi connectivity index (χ3n) is 6.18. The number of aliphatic hydroxyl groups excluding tert-OH is 1.